The Hall–Kier alpha value is -2.43. The number of aromatic amines is 1. The highest BCUT2D eigenvalue weighted by Crippen LogP contribution is 2.15. The maximum atomic E-state index is 13.0. The molecule has 0 radical (unpaired) electrons. The third-order valence-corrected chi connectivity index (χ3v) is 2.57. The molecule has 84 valence electrons. The molecular weight excluding hydrogens is 221 g/mol. The summed E-state index contributed by atoms with van der Waals surface area (Å²) in [4.78, 5) is 18.3. The van der Waals surface area contributed by atoms with E-state index in [1.165, 1.54) is 16.7 Å². The van der Waals surface area contributed by atoms with Gasteiger partial charge in [0.2, 0.25) is 0 Å². The van der Waals surface area contributed by atoms with Gasteiger partial charge in [-0.3, -0.25) is 9.55 Å². The molecule has 0 bridgehead atoms. The number of halogens is 1. The summed E-state index contributed by atoms with van der Waals surface area (Å²) in [5.74, 6) is -0.374. The quantitative estimate of drug-likeness (QED) is 0.692. The van der Waals surface area contributed by atoms with E-state index in [-0.39, 0.29) is 11.5 Å². The fourth-order valence-corrected chi connectivity index (χ4v) is 1.83. The number of fused-ring (bicyclic) bond motifs is 1. The van der Waals surface area contributed by atoms with Crippen molar-refractivity contribution in [1.82, 2.24) is 14.5 Å². The van der Waals surface area contributed by atoms with Gasteiger partial charge in [-0.05, 0) is 30.3 Å². The topological polar surface area (TPSA) is 50.7 Å². The van der Waals surface area contributed by atoms with E-state index in [1.54, 1.807) is 30.6 Å². The molecule has 0 aliphatic carbocycles. The van der Waals surface area contributed by atoms with Crippen LogP contribution in [-0.4, -0.2) is 14.5 Å². The van der Waals surface area contributed by atoms with Gasteiger partial charge in [-0.25, -0.2) is 9.18 Å². The molecule has 0 atom stereocenters. The van der Waals surface area contributed by atoms with E-state index < -0.39 is 0 Å². The van der Waals surface area contributed by atoms with E-state index in [9.17, 15) is 9.18 Å². The Morgan fingerprint density at radius 2 is 1.94 bits per heavy atom. The standard InChI is InChI=1S/C12H8FN3O/c13-8-1-2-11-10(7-8)15-12(17)16(11)9-3-5-14-6-4-9/h1-7H,(H,15,17). The van der Waals surface area contributed by atoms with Crippen LogP contribution >= 0.6 is 0 Å². The first-order valence-electron chi connectivity index (χ1n) is 5.06. The average molecular weight is 229 g/mol. The van der Waals surface area contributed by atoms with Gasteiger partial charge in [0.25, 0.3) is 0 Å². The fraction of sp³-hybridized carbons (Fsp3) is 0. The summed E-state index contributed by atoms with van der Waals surface area (Å²) in [5.41, 5.74) is 1.52. The molecule has 2 heterocycles. The highest BCUT2D eigenvalue weighted by molar-refractivity contribution is 5.77. The van der Waals surface area contributed by atoms with Crippen molar-refractivity contribution in [3.8, 4) is 5.69 Å². The molecule has 3 aromatic rings. The highest BCUT2D eigenvalue weighted by Gasteiger charge is 2.08. The molecule has 0 aliphatic heterocycles. The smallest absolute Gasteiger partial charge is 0.305 e. The maximum absolute atomic E-state index is 13.0. The number of H-pyrrole nitrogens is 1. The molecule has 0 aliphatic rings. The zero-order valence-electron chi connectivity index (χ0n) is 8.72. The predicted molar refractivity (Wildman–Crippen MR) is 61.6 cm³/mol. The van der Waals surface area contributed by atoms with Crippen molar-refractivity contribution in [2.24, 2.45) is 0 Å². The van der Waals surface area contributed by atoms with Crippen LogP contribution < -0.4 is 5.69 Å². The molecule has 1 aromatic carbocycles. The summed E-state index contributed by atoms with van der Waals surface area (Å²) in [6, 6.07) is 7.64. The Balaban J connectivity index is 2.37. The van der Waals surface area contributed by atoms with Crippen molar-refractivity contribution in [3.63, 3.8) is 0 Å². The van der Waals surface area contributed by atoms with E-state index in [0.29, 0.717) is 16.7 Å². The molecule has 17 heavy (non-hydrogen) atoms. The molecular formula is C12H8FN3O. The summed E-state index contributed by atoms with van der Waals surface area (Å²) >= 11 is 0. The van der Waals surface area contributed by atoms with Crippen molar-refractivity contribution >= 4 is 11.0 Å². The van der Waals surface area contributed by atoms with Crippen LogP contribution in [0.3, 0.4) is 0 Å². The lowest BCUT2D eigenvalue weighted by Crippen LogP contribution is -2.14. The third-order valence-electron chi connectivity index (χ3n) is 2.57. The Kier molecular flexibility index (Phi) is 2.04. The maximum Gasteiger partial charge on any atom is 0.331 e. The van der Waals surface area contributed by atoms with Crippen LogP contribution in [0, 0.1) is 5.82 Å². The van der Waals surface area contributed by atoms with Crippen LogP contribution in [-0.2, 0) is 0 Å². The number of nitrogens with one attached hydrogen (secondary N) is 1. The number of nitrogens with zero attached hydrogens (tertiary/aromatic N) is 2. The second-order valence-electron chi connectivity index (χ2n) is 3.63. The van der Waals surface area contributed by atoms with Gasteiger partial charge >= 0.3 is 5.69 Å². The average Bonchev–Trinajstić information content (AvgIpc) is 2.65. The monoisotopic (exact) mass is 229 g/mol. The number of pyridine rings is 1. The Bertz CT molecular complexity index is 730. The summed E-state index contributed by atoms with van der Waals surface area (Å²) in [7, 11) is 0. The largest absolute Gasteiger partial charge is 0.331 e. The molecule has 0 amide bonds. The summed E-state index contributed by atoms with van der Waals surface area (Å²) in [5, 5.41) is 0. The van der Waals surface area contributed by atoms with Crippen molar-refractivity contribution in [2.45, 2.75) is 0 Å². The van der Waals surface area contributed by atoms with Gasteiger partial charge in [-0.15, -0.1) is 0 Å². The van der Waals surface area contributed by atoms with Crippen LogP contribution in [0.1, 0.15) is 0 Å². The van der Waals surface area contributed by atoms with Crippen LogP contribution in [0.15, 0.2) is 47.5 Å². The summed E-state index contributed by atoms with van der Waals surface area (Å²) < 4.78 is 14.5. The van der Waals surface area contributed by atoms with E-state index in [0.717, 1.165) is 0 Å². The molecule has 4 nitrogen and oxygen atoms in total. The van der Waals surface area contributed by atoms with Gasteiger partial charge in [0.05, 0.1) is 16.7 Å². The van der Waals surface area contributed by atoms with Crippen LogP contribution in [0.4, 0.5) is 4.39 Å². The lowest BCUT2D eigenvalue weighted by atomic mass is 10.3. The van der Waals surface area contributed by atoms with Crippen molar-refractivity contribution in [1.29, 1.82) is 0 Å². The van der Waals surface area contributed by atoms with Crippen LogP contribution in [0.2, 0.25) is 0 Å². The summed E-state index contributed by atoms with van der Waals surface area (Å²) in [6.45, 7) is 0. The molecule has 2 aromatic heterocycles. The SMILES string of the molecule is O=c1[nH]c2cc(F)ccc2n1-c1ccncc1. The second kappa shape index (κ2) is 3.55. The number of hydrogen-bond donors (Lipinski definition) is 1. The first-order valence-corrected chi connectivity index (χ1v) is 5.06. The lowest BCUT2D eigenvalue weighted by Gasteiger charge is -2.01. The second-order valence-corrected chi connectivity index (χ2v) is 3.63. The van der Waals surface area contributed by atoms with Gasteiger partial charge in [-0.2, -0.15) is 0 Å². The van der Waals surface area contributed by atoms with Crippen molar-refractivity contribution in [3.05, 3.63) is 59.0 Å². The van der Waals surface area contributed by atoms with Crippen molar-refractivity contribution in [2.75, 3.05) is 0 Å². The minimum atomic E-state index is -0.374. The van der Waals surface area contributed by atoms with E-state index in [4.69, 9.17) is 0 Å². The fourth-order valence-electron chi connectivity index (χ4n) is 1.83. The van der Waals surface area contributed by atoms with Gasteiger partial charge in [0.1, 0.15) is 5.82 Å². The van der Waals surface area contributed by atoms with Gasteiger partial charge in [0.15, 0.2) is 0 Å². The zero-order chi connectivity index (χ0) is 11.8. The molecule has 5 heteroatoms. The van der Waals surface area contributed by atoms with Crippen LogP contribution in [0.5, 0.6) is 0 Å². The number of aromatic nitrogens is 3. The zero-order valence-corrected chi connectivity index (χ0v) is 8.72. The third kappa shape index (κ3) is 1.52. The van der Waals surface area contributed by atoms with Crippen LogP contribution in [0.25, 0.3) is 16.7 Å². The predicted octanol–water partition coefficient (Wildman–Crippen LogP) is 1.85. The summed E-state index contributed by atoms with van der Waals surface area (Å²) in [6.07, 6.45) is 3.20. The molecule has 0 unspecified atom stereocenters. The molecule has 3 rings (SSSR count). The number of rotatable bonds is 1. The van der Waals surface area contributed by atoms with E-state index >= 15 is 0 Å². The molecule has 0 fully saturated rings. The lowest BCUT2D eigenvalue weighted by molar-refractivity contribution is 0.629. The van der Waals surface area contributed by atoms with E-state index in [2.05, 4.69) is 9.97 Å². The Labute approximate surface area is 95.4 Å². The van der Waals surface area contributed by atoms with Gasteiger partial charge in [-0.1, -0.05) is 0 Å². The first-order chi connectivity index (χ1) is 8.25. The minimum absolute atomic E-state index is 0.295. The Morgan fingerprint density at radius 1 is 1.18 bits per heavy atom. The molecule has 0 saturated heterocycles. The normalized spacial score (nSPS) is 10.9. The first kappa shape index (κ1) is 9.77. The number of hydrogen-bond acceptors (Lipinski definition) is 2. The number of imidazole rings is 1. The molecule has 1 N–H and O–H groups in total. The highest BCUT2D eigenvalue weighted by atomic mass is 19.1. The van der Waals surface area contributed by atoms with Crippen molar-refractivity contribution < 1.29 is 4.39 Å². The minimum Gasteiger partial charge on any atom is -0.305 e. The van der Waals surface area contributed by atoms with E-state index in [1.807, 2.05) is 0 Å². The van der Waals surface area contributed by atoms with Gasteiger partial charge < -0.3 is 4.98 Å². The van der Waals surface area contributed by atoms with Gasteiger partial charge in [0, 0.05) is 12.4 Å². The molecule has 0 saturated carbocycles. The Morgan fingerprint density at radius 3 is 2.71 bits per heavy atom. The number of benzene rings is 1. The molecule has 0 spiro atoms.